The average Bonchev–Trinajstić information content (AvgIpc) is 2.46. The lowest BCUT2D eigenvalue weighted by atomic mass is 9.96. The van der Waals surface area contributed by atoms with E-state index in [1.54, 1.807) is 0 Å². The maximum Gasteiger partial charge on any atom is 0.0412 e. The first-order valence-electron chi connectivity index (χ1n) is 7.21. The fraction of sp³-hybridized carbons (Fsp3) is 0.333. The van der Waals surface area contributed by atoms with Crippen LogP contribution in [-0.2, 0) is 6.54 Å². The molecule has 2 aromatic carbocycles. The normalized spacial score (nSPS) is 11.1. The van der Waals surface area contributed by atoms with Crippen molar-refractivity contribution in [1.29, 1.82) is 0 Å². The van der Waals surface area contributed by atoms with Crippen molar-refractivity contribution in [2.24, 2.45) is 0 Å². The SMILES string of the molecule is CCNCc1ccc(Cl)cc1-c1ccc(C(C)C)cc1. The molecule has 0 aliphatic rings. The lowest BCUT2D eigenvalue weighted by Crippen LogP contribution is -2.12. The summed E-state index contributed by atoms with van der Waals surface area (Å²) in [7, 11) is 0. The first-order chi connectivity index (χ1) is 9.61. The Hall–Kier alpha value is -1.31. The first-order valence-corrected chi connectivity index (χ1v) is 7.59. The van der Waals surface area contributed by atoms with Crippen molar-refractivity contribution in [2.45, 2.75) is 33.2 Å². The molecule has 0 spiro atoms. The van der Waals surface area contributed by atoms with E-state index in [9.17, 15) is 0 Å². The van der Waals surface area contributed by atoms with Crippen LogP contribution in [0.3, 0.4) is 0 Å². The molecule has 0 fully saturated rings. The molecule has 0 bridgehead atoms. The van der Waals surface area contributed by atoms with Gasteiger partial charge in [0, 0.05) is 11.6 Å². The third-order valence-electron chi connectivity index (χ3n) is 3.53. The van der Waals surface area contributed by atoms with Crippen LogP contribution in [0, 0.1) is 0 Å². The number of nitrogens with one attached hydrogen (secondary N) is 1. The predicted octanol–water partition coefficient (Wildman–Crippen LogP) is 5.24. The standard InChI is InChI=1S/C18H22ClN/c1-4-20-12-16-9-10-17(19)11-18(16)15-7-5-14(6-8-15)13(2)3/h5-11,13,20H,4,12H2,1-3H3. The van der Waals surface area contributed by atoms with Crippen molar-refractivity contribution < 1.29 is 0 Å². The van der Waals surface area contributed by atoms with Gasteiger partial charge in [0.25, 0.3) is 0 Å². The molecule has 2 aromatic rings. The highest BCUT2D eigenvalue weighted by atomic mass is 35.5. The Kier molecular flexibility index (Phi) is 5.22. The molecular weight excluding hydrogens is 266 g/mol. The summed E-state index contributed by atoms with van der Waals surface area (Å²) in [4.78, 5) is 0. The van der Waals surface area contributed by atoms with Gasteiger partial charge in [-0.1, -0.05) is 62.7 Å². The van der Waals surface area contributed by atoms with Crippen LogP contribution in [0.15, 0.2) is 42.5 Å². The summed E-state index contributed by atoms with van der Waals surface area (Å²) in [6.07, 6.45) is 0. The lowest BCUT2D eigenvalue weighted by Gasteiger charge is -2.12. The molecule has 1 nitrogen and oxygen atoms in total. The average molecular weight is 288 g/mol. The minimum absolute atomic E-state index is 0.560. The Morgan fingerprint density at radius 3 is 2.35 bits per heavy atom. The van der Waals surface area contributed by atoms with E-state index in [2.05, 4.69) is 62.5 Å². The van der Waals surface area contributed by atoms with Gasteiger partial charge in [0.15, 0.2) is 0 Å². The van der Waals surface area contributed by atoms with Crippen LogP contribution in [-0.4, -0.2) is 6.54 Å². The Morgan fingerprint density at radius 1 is 1.05 bits per heavy atom. The molecule has 0 aromatic heterocycles. The molecule has 0 atom stereocenters. The summed E-state index contributed by atoms with van der Waals surface area (Å²) in [6.45, 7) is 8.38. The highest BCUT2D eigenvalue weighted by Crippen LogP contribution is 2.28. The number of hydrogen-bond acceptors (Lipinski definition) is 1. The van der Waals surface area contributed by atoms with Crippen LogP contribution in [0.4, 0.5) is 0 Å². The molecule has 0 saturated heterocycles. The molecule has 0 aliphatic heterocycles. The van der Waals surface area contributed by atoms with Gasteiger partial charge >= 0.3 is 0 Å². The fourth-order valence-corrected chi connectivity index (χ4v) is 2.45. The number of benzene rings is 2. The van der Waals surface area contributed by atoms with E-state index in [1.165, 1.54) is 22.3 Å². The van der Waals surface area contributed by atoms with Crippen molar-refractivity contribution in [3.05, 3.63) is 58.6 Å². The van der Waals surface area contributed by atoms with Crippen LogP contribution in [0.5, 0.6) is 0 Å². The Labute approximate surface area is 127 Å². The van der Waals surface area contributed by atoms with Gasteiger partial charge in [-0.15, -0.1) is 0 Å². The summed E-state index contributed by atoms with van der Waals surface area (Å²) in [5.74, 6) is 0.560. The van der Waals surface area contributed by atoms with E-state index in [-0.39, 0.29) is 0 Å². The molecule has 0 amide bonds. The molecule has 0 radical (unpaired) electrons. The second-order valence-electron chi connectivity index (χ2n) is 5.36. The van der Waals surface area contributed by atoms with Gasteiger partial charge in [0.05, 0.1) is 0 Å². The largest absolute Gasteiger partial charge is 0.313 e. The van der Waals surface area contributed by atoms with Gasteiger partial charge in [-0.05, 0) is 46.8 Å². The zero-order valence-corrected chi connectivity index (χ0v) is 13.2. The van der Waals surface area contributed by atoms with E-state index in [0.717, 1.165) is 18.1 Å². The fourth-order valence-electron chi connectivity index (χ4n) is 2.28. The summed E-state index contributed by atoms with van der Waals surface area (Å²) < 4.78 is 0. The van der Waals surface area contributed by atoms with E-state index in [0.29, 0.717) is 5.92 Å². The zero-order valence-electron chi connectivity index (χ0n) is 12.4. The molecule has 0 heterocycles. The summed E-state index contributed by atoms with van der Waals surface area (Å²) >= 11 is 6.16. The molecule has 106 valence electrons. The molecule has 0 saturated carbocycles. The summed E-state index contributed by atoms with van der Waals surface area (Å²) in [6, 6.07) is 14.9. The van der Waals surface area contributed by atoms with Crippen molar-refractivity contribution >= 4 is 11.6 Å². The Balaban J connectivity index is 2.37. The monoisotopic (exact) mass is 287 g/mol. The number of hydrogen-bond donors (Lipinski definition) is 1. The molecule has 2 heteroatoms. The molecule has 0 aliphatic carbocycles. The van der Waals surface area contributed by atoms with Gasteiger partial charge in [-0.25, -0.2) is 0 Å². The minimum Gasteiger partial charge on any atom is -0.313 e. The number of rotatable bonds is 5. The van der Waals surface area contributed by atoms with Crippen LogP contribution in [0.1, 0.15) is 37.8 Å². The lowest BCUT2D eigenvalue weighted by molar-refractivity contribution is 0.728. The van der Waals surface area contributed by atoms with Crippen LogP contribution >= 0.6 is 11.6 Å². The maximum absolute atomic E-state index is 6.16. The summed E-state index contributed by atoms with van der Waals surface area (Å²) in [5, 5.41) is 4.17. The Bertz CT molecular complexity index is 558. The van der Waals surface area contributed by atoms with E-state index < -0.39 is 0 Å². The maximum atomic E-state index is 6.16. The van der Waals surface area contributed by atoms with Crippen LogP contribution in [0.25, 0.3) is 11.1 Å². The molecular formula is C18H22ClN. The van der Waals surface area contributed by atoms with E-state index in [1.807, 2.05) is 6.07 Å². The van der Waals surface area contributed by atoms with Crippen LogP contribution in [0.2, 0.25) is 5.02 Å². The molecule has 2 rings (SSSR count). The smallest absolute Gasteiger partial charge is 0.0412 e. The van der Waals surface area contributed by atoms with Crippen molar-refractivity contribution in [1.82, 2.24) is 5.32 Å². The zero-order chi connectivity index (χ0) is 14.5. The second-order valence-corrected chi connectivity index (χ2v) is 5.79. The third kappa shape index (κ3) is 3.62. The van der Waals surface area contributed by atoms with Gasteiger partial charge in [0.1, 0.15) is 0 Å². The van der Waals surface area contributed by atoms with Gasteiger partial charge in [-0.2, -0.15) is 0 Å². The molecule has 1 N–H and O–H groups in total. The minimum atomic E-state index is 0.560. The number of halogens is 1. The van der Waals surface area contributed by atoms with Gasteiger partial charge < -0.3 is 5.32 Å². The van der Waals surface area contributed by atoms with Crippen molar-refractivity contribution in [2.75, 3.05) is 6.54 Å². The Morgan fingerprint density at radius 2 is 1.75 bits per heavy atom. The molecule has 0 unspecified atom stereocenters. The first kappa shape index (κ1) is 15.1. The second kappa shape index (κ2) is 6.92. The van der Waals surface area contributed by atoms with E-state index >= 15 is 0 Å². The van der Waals surface area contributed by atoms with Gasteiger partial charge in [0.2, 0.25) is 0 Å². The topological polar surface area (TPSA) is 12.0 Å². The van der Waals surface area contributed by atoms with Crippen LogP contribution < -0.4 is 5.32 Å². The summed E-state index contributed by atoms with van der Waals surface area (Å²) in [5.41, 5.74) is 5.09. The highest BCUT2D eigenvalue weighted by Gasteiger charge is 2.07. The third-order valence-corrected chi connectivity index (χ3v) is 3.76. The quantitative estimate of drug-likeness (QED) is 0.793. The molecule has 20 heavy (non-hydrogen) atoms. The van der Waals surface area contributed by atoms with Crippen molar-refractivity contribution in [3.63, 3.8) is 0 Å². The highest BCUT2D eigenvalue weighted by molar-refractivity contribution is 6.30. The van der Waals surface area contributed by atoms with E-state index in [4.69, 9.17) is 11.6 Å². The van der Waals surface area contributed by atoms with Gasteiger partial charge in [-0.3, -0.25) is 0 Å². The predicted molar refractivity (Wildman–Crippen MR) is 88.4 cm³/mol. The van der Waals surface area contributed by atoms with Crippen molar-refractivity contribution in [3.8, 4) is 11.1 Å².